The minimum atomic E-state index is -1.04. The zero-order chi connectivity index (χ0) is 19.1. The van der Waals surface area contributed by atoms with E-state index in [2.05, 4.69) is 18.7 Å². The number of carbonyl (C=O) groups excluding carboxylic acids is 1. The van der Waals surface area contributed by atoms with Crippen molar-refractivity contribution in [2.24, 2.45) is 0 Å². The molecular weight excluding hydrogens is 371 g/mol. The van der Waals surface area contributed by atoms with Crippen molar-refractivity contribution in [1.29, 1.82) is 0 Å². The minimum absolute atomic E-state index is 0. The first-order valence-electron chi connectivity index (χ1n) is 9.53. The van der Waals surface area contributed by atoms with Gasteiger partial charge in [0.1, 0.15) is 6.10 Å². The first-order chi connectivity index (χ1) is 12.5. The lowest BCUT2D eigenvalue weighted by Crippen LogP contribution is -2.53. The predicted octanol–water partition coefficient (Wildman–Crippen LogP) is 2.88. The molecule has 2 rings (SSSR count). The lowest BCUT2D eigenvalue weighted by molar-refractivity contribution is -0.142. The topological polar surface area (TPSA) is 53.0 Å². The maximum absolute atomic E-state index is 13.7. The van der Waals surface area contributed by atoms with Crippen LogP contribution in [-0.2, 0) is 11.2 Å². The molecule has 27 heavy (non-hydrogen) atoms. The third-order valence-electron chi connectivity index (χ3n) is 5.29. The van der Waals surface area contributed by atoms with Gasteiger partial charge in [-0.05, 0) is 43.4 Å². The summed E-state index contributed by atoms with van der Waals surface area (Å²) in [5.41, 5.74) is 0.744. The molecule has 0 aliphatic carbocycles. The standard InChI is InChI=1S/C20H31FN2O3.ClH/c1-4-16(5-2)22-10-12-23(13-11-22)20(25)18(24)8-6-15-7-9-19(26-3)17(21)14-15;/h7,9,14,16,18,24H,4-6,8,10-13H2,1-3H3;1H. The van der Waals surface area contributed by atoms with Gasteiger partial charge in [0.25, 0.3) is 5.91 Å². The summed E-state index contributed by atoms with van der Waals surface area (Å²) >= 11 is 0. The minimum Gasteiger partial charge on any atom is -0.494 e. The molecule has 0 spiro atoms. The highest BCUT2D eigenvalue weighted by atomic mass is 35.5. The Hall–Kier alpha value is -1.37. The number of piperazine rings is 1. The summed E-state index contributed by atoms with van der Waals surface area (Å²) in [6, 6.07) is 5.29. The number of carbonyl (C=O) groups is 1. The normalized spacial score (nSPS) is 16.1. The Labute approximate surface area is 167 Å². The zero-order valence-corrected chi connectivity index (χ0v) is 17.3. The van der Waals surface area contributed by atoms with Gasteiger partial charge in [0.2, 0.25) is 0 Å². The van der Waals surface area contributed by atoms with Crippen LogP contribution in [0.15, 0.2) is 18.2 Å². The van der Waals surface area contributed by atoms with Gasteiger partial charge in [0, 0.05) is 32.2 Å². The number of aliphatic hydroxyl groups excluding tert-OH is 1. The maximum atomic E-state index is 13.7. The summed E-state index contributed by atoms with van der Waals surface area (Å²) in [5.74, 6) is -0.452. The zero-order valence-electron chi connectivity index (χ0n) is 16.5. The second kappa shape index (κ2) is 11.5. The summed E-state index contributed by atoms with van der Waals surface area (Å²) in [7, 11) is 1.42. The third kappa shape index (κ3) is 6.33. The van der Waals surface area contributed by atoms with Crippen molar-refractivity contribution in [2.75, 3.05) is 33.3 Å². The van der Waals surface area contributed by atoms with Crippen molar-refractivity contribution < 1.29 is 19.0 Å². The summed E-state index contributed by atoms with van der Waals surface area (Å²) in [4.78, 5) is 16.6. The lowest BCUT2D eigenvalue weighted by atomic mass is 10.0. The van der Waals surface area contributed by atoms with Gasteiger partial charge in [-0.25, -0.2) is 4.39 Å². The van der Waals surface area contributed by atoms with Crippen molar-refractivity contribution in [3.8, 4) is 5.75 Å². The number of amides is 1. The van der Waals surface area contributed by atoms with E-state index in [4.69, 9.17) is 4.74 Å². The highest BCUT2D eigenvalue weighted by Crippen LogP contribution is 2.19. The maximum Gasteiger partial charge on any atom is 0.251 e. The fraction of sp³-hybridized carbons (Fsp3) is 0.650. The van der Waals surface area contributed by atoms with Gasteiger partial charge in [-0.1, -0.05) is 19.9 Å². The highest BCUT2D eigenvalue weighted by Gasteiger charge is 2.27. The van der Waals surface area contributed by atoms with E-state index in [1.165, 1.54) is 13.2 Å². The van der Waals surface area contributed by atoms with Gasteiger partial charge >= 0.3 is 0 Å². The molecule has 1 unspecified atom stereocenters. The molecular formula is C20H32ClFN2O3. The molecule has 0 saturated carbocycles. The first-order valence-corrected chi connectivity index (χ1v) is 9.53. The number of ether oxygens (including phenoxy) is 1. The van der Waals surface area contributed by atoms with Crippen LogP contribution < -0.4 is 4.74 Å². The molecule has 1 heterocycles. The smallest absolute Gasteiger partial charge is 0.251 e. The van der Waals surface area contributed by atoms with Crippen molar-refractivity contribution in [3.05, 3.63) is 29.6 Å². The second-order valence-electron chi connectivity index (χ2n) is 6.85. The molecule has 1 aromatic carbocycles. The molecule has 7 heteroatoms. The van der Waals surface area contributed by atoms with Gasteiger partial charge in [0.15, 0.2) is 11.6 Å². The Morgan fingerprint density at radius 1 is 1.22 bits per heavy atom. The molecule has 0 aromatic heterocycles. The Bertz CT molecular complexity index is 591. The molecule has 1 fully saturated rings. The molecule has 154 valence electrons. The van der Waals surface area contributed by atoms with Gasteiger partial charge in [0.05, 0.1) is 7.11 Å². The van der Waals surface area contributed by atoms with E-state index in [0.29, 0.717) is 25.6 Å². The van der Waals surface area contributed by atoms with Crippen LogP contribution in [-0.4, -0.2) is 66.2 Å². The third-order valence-corrected chi connectivity index (χ3v) is 5.29. The van der Waals surface area contributed by atoms with Crippen LogP contribution in [0.3, 0.4) is 0 Å². The SMILES string of the molecule is CCC(CC)N1CCN(C(=O)C(O)CCc2ccc(OC)c(F)c2)CC1.Cl. The average molecular weight is 403 g/mol. The summed E-state index contributed by atoms with van der Waals surface area (Å²) in [5, 5.41) is 10.2. The molecule has 1 aliphatic heterocycles. The van der Waals surface area contributed by atoms with E-state index in [1.54, 1.807) is 17.0 Å². The van der Waals surface area contributed by atoms with Crippen LogP contribution in [0.1, 0.15) is 38.7 Å². The van der Waals surface area contributed by atoms with Crippen LogP contribution in [0.2, 0.25) is 0 Å². The number of benzene rings is 1. The fourth-order valence-electron chi connectivity index (χ4n) is 3.62. The summed E-state index contributed by atoms with van der Waals surface area (Å²) in [6.07, 6.45) is 1.93. The van der Waals surface area contributed by atoms with Gasteiger partial charge in [-0.3, -0.25) is 9.69 Å². The van der Waals surface area contributed by atoms with Gasteiger partial charge in [-0.2, -0.15) is 0 Å². The Morgan fingerprint density at radius 3 is 2.37 bits per heavy atom. The number of aliphatic hydroxyl groups is 1. The molecule has 1 aliphatic rings. The average Bonchev–Trinajstić information content (AvgIpc) is 2.67. The number of aryl methyl sites for hydroxylation is 1. The van der Waals surface area contributed by atoms with E-state index in [9.17, 15) is 14.3 Å². The van der Waals surface area contributed by atoms with Crippen molar-refractivity contribution in [1.82, 2.24) is 9.80 Å². The fourth-order valence-corrected chi connectivity index (χ4v) is 3.62. The quantitative estimate of drug-likeness (QED) is 0.726. The van der Waals surface area contributed by atoms with Crippen molar-refractivity contribution >= 4 is 18.3 Å². The van der Waals surface area contributed by atoms with Crippen LogP contribution in [0.25, 0.3) is 0 Å². The Morgan fingerprint density at radius 2 is 1.85 bits per heavy atom. The van der Waals surface area contributed by atoms with Crippen LogP contribution >= 0.6 is 12.4 Å². The second-order valence-corrected chi connectivity index (χ2v) is 6.85. The van der Waals surface area contributed by atoms with E-state index >= 15 is 0 Å². The number of hydrogen-bond donors (Lipinski definition) is 1. The molecule has 0 bridgehead atoms. The largest absolute Gasteiger partial charge is 0.494 e. The van der Waals surface area contributed by atoms with E-state index < -0.39 is 11.9 Å². The van der Waals surface area contributed by atoms with Crippen molar-refractivity contribution in [3.63, 3.8) is 0 Å². The lowest BCUT2D eigenvalue weighted by Gasteiger charge is -2.39. The van der Waals surface area contributed by atoms with Crippen LogP contribution in [0.4, 0.5) is 4.39 Å². The summed E-state index contributed by atoms with van der Waals surface area (Å²) < 4.78 is 18.6. The molecule has 0 radical (unpaired) electrons. The number of methoxy groups -OCH3 is 1. The first kappa shape index (κ1) is 23.7. The van der Waals surface area contributed by atoms with Gasteiger partial charge in [-0.15, -0.1) is 12.4 Å². The number of nitrogens with zero attached hydrogens (tertiary/aromatic N) is 2. The Balaban J connectivity index is 0.00000364. The number of halogens is 2. The summed E-state index contributed by atoms with van der Waals surface area (Å²) in [6.45, 7) is 7.41. The van der Waals surface area contributed by atoms with E-state index in [-0.39, 0.29) is 30.5 Å². The number of rotatable bonds is 8. The Kier molecular flexibility index (Phi) is 10.1. The molecule has 1 amide bonds. The molecule has 1 N–H and O–H groups in total. The van der Waals surface area contributed by atoms with E-state index in [1.807, 2.05) is 0 Å². The van der Waals surface area contributed by atoms with Gasteiger partial charge < -0.3 is 14.7 Å². The van der Waals surface area contributed by atoms with Crippen molar-refractivity contribution in [2.45, 2.75) is 51.7 Å². The molecule has 1 atom stereocenters. The molecule has 5 nitrogen and oxygen atoms in total. The number of hydrogen-bond acceptors (Lipinski definition) is 4. The predicted molar refractivity (Wildman–Crippen MR) is 107 cm³/mol. The molecule has 1 aromatic rings. The monoisotopic (exact) mass is 402 g/mol. The highest BCUT2D eigenvalue weighted by molar-refractivity contribution is 5.85. The molecule has 1 saturated heterocycles. The van der Waals surface area contributed by atoms with E-state index in [0.717, 1.165) is 31.5 Å². The van der Waals surface area contributed by atoms with Crippen LogP contribution in [0, 0.1) is 5.82 Å². The van der Waals surface area contributed by atoms with Crippen LogP contribution in [0.5, 0.6) is 5.75 Å².